The zero-order valence-corrected chi connectivity index (χ0v) is 12.9. The zero-order valence-electron chi connectivity index (χ0n) is 12.1. The van der Waals surface area contributed by atoms with E-state index in [1.807, 2.05) is 0 Å². The van der Waals surface area contributed by atoms with Gasteiger partial charge in [0.1, 0.15) is 12.1 Å². The predicted molar refractivity (Wildman–Crippen MR) is 74.0 cm³/mol. The first-order valence-corrected chi connectivity index (χ1v) is 8.06. The van der Waals surface area contributed by atoms with Gasteiger partial charge in [0.05, 0.1) is 12.0 Å². The molecule has 0 aliphatic carbocycles. The van der Waals surface area contributed by atoms with E-state index in [0.29, 0.717) is 4.31 Å². The first kappa shape index (κ1) is 17.7. The van der Waals surface area contributed by atoms with Gasteiger partial charge in [0.25, 0.3) is 0 Å². The molecule has 1 aromatic carbocycles. The van der Waals surface area contributed by atoms with Crippen molar-refractivity contribution in [1.82, 2.24) is 9.62 Å². The molecule has 0 radical (unpaired) electrons. The molecule has 23 heavy (non-hydrogen) atoms. The smallest absolute Gasteiger partial charge is 0.405 e. The molecule has 1 N–H and O–H groups in total. The Kier molecular flexibility index (Phi) is 4.97. The molecule has 1 aliphatic heterocycles. The van der Waals surface area contributed by atoms with Gasteiger partial charge in [-0.15, -0.1) is 0 Å². The van der Waals surface area contributed by atoms with Crippen LogP contribution < -0.4 is 5.32 Å². The van der Waals surface area contributed by atoms with E-state index in [-0.39, 0.29) is 4.90 Å². The van der Waals surface area contributed by atoms with Crippen LogP contribution >= 0.6 is 0 Å². The topological polar surface area (TPSA) is 75.7 Å². The summed E-state index contributed by atoms with van der Waals surface area (Å²) in [5.41, 5.74) is 0. The highest BCUT2D eigenvalue weighted by atomic mass is 32.2. The van der Waals surface area contributed by atoms with Crippen molar-refractivity contribution in [2.24, 2.45) is 0 Å². The summed E-state index contributed by atoms with van der Waals surface area (Å²) in [6.07, 6.45) is -4.70. The highest BCUT2D eigenvalue weighted by molar-refractivity contribution is 7.89. The second-order valence-electron chi connectivity index (χ2n) is 4.97. The Labute approximate surface area is 131 Å². The van der Waals surface area contributed by atoms with Gasteiger partial charge in [0.15, 0.2) is 0 Å². The largest absolute Gasteiger partial charge is 0.468 e. The fourth-order valence-corrected chi connectivity index (χ4v) is 3.74. The van der Waals surface area contributed by atoms with Crippen molar-refractivity contribution in [3.63, 3.8) is 0 Å². The second kappa shape index (κ2) is 6.46. The van der Waals surface area contributed by atoms with Crippen LogP contribution in [0.1, 0.15) is 0 Å². The Morgan fingerprint density at radius 1 is 1.26 bits per heavy atom. The summed E-state index contributed by atoms with van der Waals surface area (Å²) in [7, 11) is -3.12. The molecule has 1 fully saturated rings. The molecule has 0 aromatic heterocycles. The minimum Gasteiger partial charge on any atom is -0.468 e. The highest BCUT2D eigenvalue weighted by Crippen LogP contribution is 2.27. The lowest BCUT2D eigenvalue weighted by molar-refractivity contribution is -0.169. The summed E-state index contributed by atoms with van der Waals surface area (Å²) in [4.78, 5) is 11.4. The number of alkyl halides is 3. The fourth-order valence-electron chi connectivity index (χ4n) is 2.25. The maximum atomic E-state index is 13.0. The number of rotatable bonds is 3. The number of nitrogens with zero attached hydrogens (tertiary/aromatic N) is 1. The van der Waals surface area contributed by atoms with Crippen molar-refractivity contribution in [3.05, 3.63) is 30.3 Å². The summed E-state index contributed by atoms with van der Waals surface area (Å²) in [5.74, 6) is -0.952. The summed E-state index contributed by atoms with van der Waals surface area (Å²) in [6.45, 7) is -1.25. The third-order valence-electron chi connectivity index (χ3n) is 3.44. The molecule has 1 aromatic rings. The maximum absolute atomic E-state index is 13.0. The van der Waals surface area contributed by atoms with Crippen molar-refractivity contribution >= 4 is 16.0 Å². The summed E-state index contributed by atoms with van der Waals surface area (Å²) in [5, 5.41) is 2.09. The summed E-state index contributed by atoms with van der Waals surface area (Å²) < 4.78 is 69.1. The molecule has 0 unspecified atom stereocenters. The number of halogens is 3. The molecule has 0 amide bonds. The van der Waals surface area contributed by atoms with E-state index in [1.165, 1.54) is 24.3 Å². The number of hydrogen-bond donors (Lipinski definition) is 1. The Morgan fingerprint density at radius 3 is 2.39 bits per heavy atom. The molecule has 10 heteroatoms. The molecule has 1 saturated heterocycles. The van der Waals surface area contributed by atoms with Crippen molar-refractivity contribution in [3.8, 4) is 0 Å². The van der Waals surface area contributed by atoms with Crippen molar-refractivity contribution < 1.29 is 31.1 Å². The van der Waals surface area contributed by atoms with E-state index in [0.717, 1.165) is 7.11 Å². The van der Waals surface area contributed by atoms with Crippen molar-refractivity contribution in [2.45, 2.75) is 23.2 Å². The van der Waals surface area contributed by atoms with Gasteiger partial charge in [-0.1, -0.05) is 18.2 Å². The van der Waals surface area contributed by atoms with Gasteiger partial charge in [-0.3, -0.25) is 10.1 Å². The molecular formula is C13H15F3N2O4S. The number of carbonyl (C=O) groups excluding carboxylic acids is 1. The Balaban J connectivity index is 2.35. The number of esters is 1. The van der Waals surface area contributed by atoms with Gasteiger partial charge in [0, 0.05) is 13.1 Å². The second-order valence-corrected chi connectivity index (χ2v) is 6.91. The monoisotopic (exact) mass is 352 g/mol. The van der Waals surface area contributed by atoms with Crippen LogP contribution in [0.3, 0.4) is 0 Å². The number of carbonyl (C=O) groups is 1. The van der Waals surface area contributed by atoms with Gasteiger partial charge in [0.2, 0.25) is 10.0 Å². The van der Waals surface area contributed by atoms with Crippen LogP contribution in [-0.2, 0) is 19.6 Å². The van der Waals surface area contributed by atoms with Crippen LogP contribution in [-0.4, -0.2) is 57.2 Å². The van der Waals surface area contributed by atoms with E-state index in [9.17, 15) is 26.4 Å². The van der Waals surface area contributed by atoms with Gasteiger partial charge in [-0.2, -0.15) is 17.5 Å². The van der Waals surface area contributed by atoms with Crippen LogP contribution in [0, 0.1) is 0 Å². The maximum Gasteiger partial charge on any atom is 0.405 e. The normalized spacial score (nSPS) is 23.5. The van der Waals surface area contributed by atoms with E-state index >= 15 is 0 Å². The van der Waals surface area contributed by atoms with Crippen LogP contribution in [0.4, 0.5) is 13.2 Å². The molecule has 2 rings (SSSR count). The van der Waals surface area contributed by atoms with E-state index < -0.39 is 47.3 Å². The van der Waals surface area contributed by atoms with Crippen LogP contribution in [0.25, 0.3) is 0 Å². The number of sulfonamides is 1. The first-order chi connectivity index (χ1) is 10.7. The lowest BCUT2D eigenvalue weighted by Crippen LogP contribution is -2.64. The van der Waals surface area contributed by atoms with E-state index in [1.54, 1.807) is 6.07 Å². The lowest BCUT2D eigenvalue weighted by Gasteiger charge is -2.37. The average Bonchev–Trinajstić information content (AvgIpc) is 2.53. The number of ether oxygens (including phenoxy) is 1. The number of methoxy groups -OCH3 is 1. The molecule has 0 spiro atoms. The summed E-state index contributed by atoms with van der Waals surface area (Å²) >= 11 is 0. The van der Waals surface area contributed by atoms with Gasteiger partial charge in [-0.05, 0) is 12.1 Å². The molecule has 0 bridgehead atoms. The molecule has 6 nitrogen and oxygen atoms in total. The quantitative estimate of drug-likeness (QED) is 0.813. The molecule has 1 heterocycles. The molecule has 2 atom stereocenters. The molecule has 0 saturated carbocycles. The fraction of sp³-hybridized carbons (Fsp3) is 0.462. The molecule has 1 aliphatic rings. The minimum absolute atomic E-state index is 0.133. The Morgan fingerprint density at radius 2 is 1.87 bits per heavy atom. The number of nitrogens with one attached hydrogen (secondary N) is 1. The predicted octanol–water partition coefficient (Wildman–Crippen LogP) is 0.753. The SMILES string of the molecule is COC(=O)[C@H]1CN(S(=O)(=O)c2ccccc2)C[C@@H](C(F)(F)F)N1. The first-order valence-electron chi connectivity index (χ1n) is 6.62. The third kappa shape index (κ3) is 3.82. The van der Waals surface area contributed by atoms with Crippen molar-refractivity contribution in [2.75, 3.05) is 20.2 Å². The van der Waals surface area contributed by atoms with Gasteiger partial charge in [-0.25, -0.2) is 8.42 Å². The number of piperazine rings is 1. The lowest BCUT2D eigenvalue weighted by atomic mass is 10.1. The number of benzene rings is 1. The van der Waals surface area contributed by atoms with Gasteiger partial charge < -0.3 is 4.74 Å². The molecular weight excluding hydrogens is 337 g/mol. The van der Waals surface area contributed by atoms with Crippen LogP contribution in [0.5, 0.6) is 0 Å². The van der Waals surface area contributed by atoms with Crippen LogP contribution in [0.15, 0.2) is 35.2 Å². The van der Waals surface area contributed by atoms with E-state index in [2.05, 4.69) is 10.1 Å². The Hall–Kier alpha value is -1.65. The minimum atomic E-state index is -4.70. The van der Waals surface area contributed by atoms with Crippen molar-refractivity contribution in [1.29, 1.82) is 0 Å². The van der Waals surface area contributed by atoms with Gasteiger partial charge >= 0.3 is 12.1 Å². The zero-order chi connectivity index (χ0) is 17.3. The third-order valence-corrected chi connectivity index (χ3v) is 5.28. The average molecular weight is 352 g/mol. The highest BCUT2D eigenvalue weighted by Gasteiger charge is 2.48. The summed E-state index contributed by atoms with van der Waals surface area (Å²) in [6, 6.07) is 3.55. The van der Waals surface area contributed by atoms with E-state index in [4.69, 9.17) is 0 Å². The molecule has 128 valence electrons. The Bertz CT molecular complexity index is 664. The standard InChI is InChI=1S/C13H15F3N2O4S/c1-22-12(19)10-7-18(8-11(17-10)13(14,15)16)23(20,21)9-5-3-2-4-6-9/h2-6,10-11,17H,7-8H2,1H3/t10-,11+/m1/s1. The van der Waals surface area contributed by atoms with Crippen LogP contribution in [0.2, 0.25) is 0 Å². The number of hydrogen-bond acceptors (Lipinski definition) is 5.